The molecule has 1 heterocycles. The molecule has 0 atom stereocenters. The van der Waals surface area contributed by atoms with E-state index in [1.165, 1.54) is 23.5 Å². The van der Waals surface area contributed by atoms with E-state index in [9.17, 15) is 14.0 Å². The molecule has 0 aliphatic carbocycles. The lowest BCUT2D eigenvalue weighted by atomic mass is 10.1. The van der Waals surface area contributed by atoms with Crippen LogP contribution in [0.4, 0.5) is 20.0 Å². The predicted molar refractivity (Wildman–Crippen MR) is 128 cm³/mol. The molecule has 174 valence electrons. The predicted octanol–water partition coefficient (Wildman–Crippen LogP) is 4.97. The quantitative estimate of drug-likeness (QED) is 0.326. The molecule has 0 saturated carbocycles. The van der Waals surface area contributed by atoms with Gasteiger partial charge >= 0.3 is 6.03 Å². The highest BCUT2D eigenvalue weighted by atomic mass is 32.1. The van der Waals surface area contributed by atoms with Crippen LogP contribution in [0.3, 0.4) is 0 Å². The zero-order valence-electron chi connectivity index (χ0n) is 18.2. The fourth-order valence-corrected chi connectivity index (χ4v) is 3.73. The van der Waals surface area contributed by atoms with Crippen molar-refractivity contribution in [1.29, 1.82) is 0 Å². The summed E-state index contributed by atoms with van der Waals surface area (Å²) in [6.07, 6.45) is 3.56. The minimum Gasteiger partial charge on any atom is -0.367 e. The van der Waals surface area contributed by atoms with Gasteiger partial charge in [-0.3, -0.25) is 10.1 Å². The molecule has 1 aromatic heterocycles. The van der Waals surface area contributed by atoms with Crippen molar-refractivity contribution in [3.63, 3.8) is 0 Å². The van der Waals surface area contributed by atoms with Gasteiger partial charge in [0.2, 0.25) is 5.91 Å². The van der Waals surface area contributed by atoms with Crippen molar-refractivity contribution in [2.24, 2.45) is 0 Å². The lowest BCUT2D eigenvalue weighted by molar-refractivity contribution is -0.126. The molecule has 2 aromatic carbocycles. The first kappa shape index (κ1) is 24.3. The van der Waals surface area contributed by atoms with E-state index < -0.39 is 0 Å². The molecular formula is C24H27FN4O3S. The highest BCUT2D eigenvalue weighted by Gasteiger charge is 2.07. The molecule has 0 radical (unpaired) electrons. The SMILES string of the molecule is O=C(COCc1ccc(F)cc1)NCCCCCc1csc(NC(=O)Nc2ccccc2)n1. The van der Waals surface area contributed by atoms with Crippen molar-refractivity contribution < 1.29 is 18.7 Å². The number of halogens is 1. The lowest BCUT2D eigenvalue weighted by Gasteiger charge is -2.06. The number of hydrogen-bond donors (Lipinski definition) is 3. The molecule has 0 aliphatic rings. The number of rotatable bonds is 12. The van der Waals surface area contributed by atoms with Gasteiger partial charge in [-0.15, -0.1) is 11.3 Å². The van der Waals surface area contributed by atoms with E-state index >= 15 is 0 Å². The van der Waals surface area contributed by atoms with E-state index in [4.69, 9.17) is 4.74 Å². The number of anilines is 2. The van der Waals surface area contributed by atoms with Gasteiger partial charge in [-0.25, -0.2) is 14.2 Å². The molecule has 7 nitrogen and oxygen atoms in total. The molecule has 0 spiro atoms. The fourth-order valence-electron chi connectivity index (χ4n) is 2.99. The summed E-state index contributed by atoms with van der Waals surface area (Å²) in [6.45, 7) is 0.832. The highest BCUT2D eigenvalue weighted by Crippen LogP contribution is 2.18. The van der Waals surface area contributed by atoms with Crippen molar-refractivity contribution in [1.82, 2.24) is 10.3 Å². The van der Waals surface area contributed by atoms with E-state index in [2.05, 4.69) is 20.9 Å². The Hall–Kier alpha value is -3.30. The molecule has 33 heavy (non-hydrogen) atoms. The zero-order valence-corrected chi connectivity index (χ0v) is 19.0. The Morgan fingerprint density at radius 3 is 2.55 bits per heavy atom. The third kappa shape index (κ3) is 9.38. The van der Waals surface area contributed by atoms with Crippen molar-refractivity contribution in [2.75, 3.05) is 23.8 Å². The number of thiazole rings is 1. The number of hydrogen-bond acceptors (Lipinski definition) is 5. The molecule has 3 N–H and O–H groups in total. The standard InChI is InChI=1S/C24H27FN4O3S/c25-19-12-10-18(11-13-19)15-32-16-22(30)26-14-6-2-5-9-21-17-33-24(28-21)29-23(31)27-20-7-3-1-4-8-20/h1,3-4,7-8,10-13,17H,2,5-6,9,14-16H2,(H,26,30)(H2,27,28,29,31). The molecule has 0 unspecified atom stereocenters. The molecule has 3 amide bonds. The Morgan fingerprint density at radius 1 is 0.970 bits per heavy atom. The Balaban J connectivity index is 1.22. The summed E-state index contributed by atoms with van der Waals surface area (Å²) < 4.78 is 18.2. The largest absolute Gasteiger partial charge is 0.367 e. The van der Waals surface area contributed by atoms with Gasteiger partial charge in [0.25, 0.3) is 0 Å². The molecule has 0 saturated heterocycles. The smallest absolute Gasteiger partial charge is 0.325 e. The first-order valence-electron chi connectivity index (χ1n) is 10.7. The number of urea groups is 1. The Bertz CT molecular complexity index is 1010. The van der Waals surface area contributed by atoms with E-state index in [1.807, 2.05) is 35.7 Å². The Kier molecular flexibility index (Phi) is 9.81. The third-order valence-electron chi connectivity index (χ3n) is 4.65. The summed E-state index contributed by atoms with van der Waals surface area (Å²) >= 11 is 1.39. The number of aryl methyl sites for hydroxylation is 1. The van der Waals surface area contributed by atoms with Crippen molar-refractivity contribution in [2.45, 2.75) is 32.3 Å². The van der Waals surface area contributed by atoms with E-state index in [0.717, 1.165) is 42.6 Å². The van der Waals surface area contributed by atoms with Crippen LogP contribution in [0.25, 0.3) is 0 Å². The van der Waals surface area contributed by atoms with E-state index in [0.29, 0.717) is 11.7 Å². The van der Waals surface area contributed by atoms with Crippen LogP contribution in [0.1, 0.15) is 30.5 Å². The molecule has 9 heteroatoms. The van der Waals surface area contributed by atoms with Gasteiger partial charge in [-0.05, 0) is 49.1 Å². The van der Waals surface area contributed by atoms with Crippen LogP contribution in [0.2, 0.25) is 0 Å². The number of amides is 3. The minimum atomic E-state index is -0.320. The lowest BCUT2D eigenvalue weighted by Crippen LogP contribution is -2.28. The molecule has 0 aliphatic heterocycles. The number of benzene rings is 2. The van der Waals surface area contributed by atoms with Gasteiger partial charge < -0.3 is 15.4 Å². The second-order valence-corrected chi connectivity index (χ2v) is 8.23. The number of para-hydroxylation sites is 1. The monoisotopic (exact) mass is 470 g/mol. The number of aromatic nitrogens is 1. The molecular weight excluding hydrogens is 443 g/mol. The summed E-state index contributed by atoms with van der Waals surface area (Å²) in [6, 6.07) is 14.9. The number of carbonyl (C=O) groups excluding carboxylic acids is 2. The summed E-state index contributed by atoms with van der Waals surface area (Å²) in [5.74, 6) is -0.462. The second-order valence-electron chi connectivity index (χ2n) is 7.37. The summed E-state index contributed by atoms with van der Waals surface area (Å²) in [4.78, 5) is 28.3. The van der Waals surface area contributed by atoms with Crippen molar-refractivity contribution >= 4 is 34.1 Å². The first-order chi connectivity index (χ1) is 16.1. The van der Waals surface area contributed by atoms with Crippen LogP contribution in [-0.4, -0.2) is 30.1 Å². The number of carbonyl (C=O) groups is 2. The van der Waals surface area contributed by atoms with Crippen LogP contribution < -0.4 is 16.0 Å². The van der Waals surface area contributed by atoms with Gasteiger partial charge in [0.05, 0.1) is 12.3 Å². The van der Waals surface area contributed by atoms with Gasteiger partial charge in [0.15, 0.2) is 5.13 Å². The number of ether oxygens (including phenoxy) is 1. The maximum Gasteiger partial charge on any atom is 0.325 e. The number of unbranched alkanes of at least 4 members (excludes halogenated alkanes) is 2. The van der Waals surface area contributed by atoms with Crippen LogP contribution in [-0.2, 0) is 22.6 Å². The van der Waals surface area contributed by atoms with Crippen LogP contribution in [0.15, 0.2) is 60.0 Å². The normalized spacial score (nSPS) is 10.6. The van der Waals surface area contributed by atoms with Crippen LogP contribution in [0.5, 0.6) is 0 Å². The second kappa shape index (κ2) is 13.3. The maximum absolute atomic E-state index is 12.8. The van der Waals surface area contributed by atoms with Gasteiger partial charge in [0.1, 0.15) is 12.4 Å². The Morgan fingerprint density at radius 2 is 1.76 bits per heavy atom. The van der Waals surface area contributed by atoms with E-state index in [1.54, 1.807) is 12.1 Å². The first-order valence-corrected chi connectivity index (χ1v) is 11.6. The van der Waals surface area contributed by atoms with Gasteiger partial charge in [0, 0.05) is 17.6 Å². The zero-order chi connectivity index (χ0) is 23.3. The van der Waals surface area contributed by atoms with Crippen LogP contribution in [0, 0.1) is 5.82 Å². The minimum absolute atomic E-state index is 0.0240. The fraction of sp³-hybridized carbons (Fsp3) is 0.292. The Labute approximate surface area is 196 Å². The third-order valence-corrected chi connectivity index (χ3v) is 5.46. The maximum atomic E-state index is 12.8. The van der Waals surface area contributed by atoms with Gasteiger partial charge in [-0.1, -0.05) is 36.8 Å². The molecule has 0 bridgehead atoms. The number of nitrogens with zero attached hydrogens (tertiary/aromatic N) is 1. The van der Waals surface area contributed by atoms with Crippen molar-refractivity contribution in [3.05, 3.63) is 77.1 Å². The average Bonchev–Trinajstić information content (AvgIpc) is 3.25. The molecule has 0 fully saturated rings. The molecule has 3 rings (SSSR count). The summed E-state index contributed by atoms with van der Waals surface area (Å²) in [5, 5.41) is 10.8. The molecule has 3 aromatic rings. The number of nitrogens with one attached hydrogen (secondary N) is 3. The van der Waals surface area contributed by atoms with E-state index in [-0.39, 0.29) is 31.0 Å². The highest BCUT2D eigenvalue weighted by molar-refractivity contribution is 7.13. The summed E-state index contributed by atoms with van der Waals surface area (Å²) in [5.41, 5.74) is 2.48. The average molecular weight is 471 g/mol. The van der Waals surface area contributed by atoms with Crippen LogP contribution >= 0.6 is 11.3 Å². The van der Waals surface area contributed by atoms with Gasteiger partial charge in [-0.2, -0.15) is 0 Å². The summed E-state index contributed by atoms with van der Waals surface area (Å²) in [7, 11) is 0. The van der Waals surface area contributed by atoms with Crippen molar-refractivity contribution in [3.8, 4) is 0 Å². The topological polar surface area (TPSA) is 92.4 Å².